The maximum atomic E-state index is 13.1. The van der Waals surface area contributed by atoms with Gasteiger partial charge in [0, 0.05) is 10.6 Å². The second-order valence-electron chi connectivity index (χ2n) is 7.34. The molecule has 0 aromatic heterocycles. The number of carbonyl (C=O) groups is 1. The number of hydrogen-bond acceptors (Lipinski definition) is 4. The van der Waals surface area contributed by atoms with Crippen LogP contribution in [0.3, 0.4) is 0 Å². The van der Waals surface area contributed by atoms with Gasteiger partial charge in [-0.1, -0.05) is 107 Å². The third kappa shape index (κ3) is 5.36. The molecule has 0 saturated carbocycles. The zero-order valence-corrected chi connectivity index (χ0v) is 20.3. The summed E-state index contributed by atoms with van der Waals surface area (Å²) in [7, 11) is 0. The molecule has 4 rings (SSSR count). The third-order valence-corrected chi connectivity index (χ3v) is 6.72. The van der Waals surface area contributed by atoms with Gasteiger partial charge < -0.3 is 4.74 Å². The van der Waals surface area contributed by atoms with Crippen LogP contribution in [0.4, 0.5) is 0 Å². The van der Waals surface area contributed by atoms with Gasteiger partial charge >= 0.3 is 0 Å². The van der Waals surface area contributed by atoms with Crippen molar-refractivity contribution in [2.45, 2.75) is 20.1 Å². The highest BCUT2D eigenvalue weighted by molar-refractivity contribution is 8.26. The average molecular weight is 500 g/mol. The lowest BCUT2D eigenvalue weighted by Gasteiger charge is -2.14. The molecular weight excluding hydrogens is 481 g/mol. The number of carbonyl (C=O) groups excluding carboxylic acids is 1. The summed E-state index contributed by atoms with van der Waals surface area (Å²) in [6.45, 7) is 2.80. The Kier molecular flexibility index (Phi) is 7.21. The van der Waals surface area contributed by atoms with Crippen LogP contribution in [-0.2, 0) is 17.9 Å². The second-order valence-corrected chi connectivity index (χ2v) is 9.86. The molecule has 0 N–H and O–H groups in total. The molecule has 7 heteroatoms. The minimum absolute atomic E-state index is 0.149. The zero-order valence-electron chi connectivity index (χ0n) is 17.2. The highest BCUT2D eigenvalue weighted by Crippen LogP contribution is 2.39. The molecular formula is C25H19Cl2NO2S2. The first-order valence-corrected chi connectivity index (χ1v) is 11.9. The Morgan fingerprint density at radius 1 is 1.03 bits per heavy atom. The summed E-state index contributed by atoms with van der Waals surface area (Å²) in [5.74, 6) is 0.329. The summed E-state index contributed by atoms with van der Waals surface area (Å²) in [6.07, 6.45) is 1.74. The number of ether oxygens (including phenoxy) is 1. The van der Waals surface area contributed by atoms with E-state index in [1.807, 2.05) is 55.5 Å². The first kappa shape index (κ1) is 22.9. The van der Waals surface area contributed by atoms with E-state index in [1.165, 1.54) is 11.8 Å². The van der Waals surface area contributed by atoms with E-state index in [0.29, 0.717) is 43.7 Å². The summed E-state index contributed by atoms with van der Waals surface area (Å²) >= 11 is 19.4. The highest BCUT2D eigenvalue weighted by Gasteiger charge is 2.32. The normalized spacial score (nSPS) is 15.0. The van der Waals surface area contributed by atoms with Crippen molar-refractivity contribution in [2.24, 2.45) is 0 Å². The van der Waals surface area contributed by atoms with Gasteiger partial charge in [0.05, 0.1) is 16.5 Å². The average Bonchev–Trinajstić information content (AvgIpc) is 3.01. The van der Waals surface area contributed by atoms with Crippen LogP contribution in [0.25, 0.3) is 6.08 Å². The SMILES string of the molecule is Cc1cccc(COc2c(Cl)cc(Cl)cc2C=C2SC(=S)N(Cc3ccccc3)C2=O)c1. The maximum Gasteiger partial charge on any atom is 0.266 e. The van der Waals surface area contributed by atoms with E-state index in [-0.39, 0.29) is 5.91 Å². The Morgan fingerprint density at radius 3 is 2.53 bits per heavy atom. The molecule has 0 aliphatic carbocycles. The number of aryl methyl sites for hydroxylation is 1. The Hall–Kier alpha value is -2.31. The quantitative estimate of drug-likeness (QED) is 0.263. The summed E-state index contributed by atoms with van der Waals surface area (Å²) < 4.78 is 6.57. The largest absolute Gasteiger partial charge is 0.487 e. The number of halogens is 2. The van der Waals surface area contributed by atoms with Gasteiger partial charge in [-0.15, -0.1) is 0 Å². The Labute approximate surface area is 207 Å². The van der Waals surface area contributed by atoms with Crippen molar-refractivity contribution >= 4 is 63.5 Å². The smallest absolute Gasteiger partial charge is 0.266 e. The molecule has 0 radical (unpaired) electrons. The van der Waals surface area contributed by atoms with Crippen molar-refractivity contribution in [1.82, 2.24) is 4.90 Å². The first-order chi connectivity index (χ1) is 15.4. The van der Waals surface area contributed by atoms with Crippen LogP contribution in [0.15, 0.2) is 71.6 Å². The monoisotopic (exact) mass is 499 g/mol. The maximum absolute atomic E-state index is 13.1. The van der Waals surface area contributed by atoms with E-state index in [9.17, 15) is 4.79 Å². The number of thioether (sulfide) groups is 1. The lowest BCUT2D eigenvalue weighted by Crippen LogP contribution is -2.27. The van der Waals surface area contributed by atoms with Crippen molar-refractivity contribution in [3.63, 3.8) is 0 Å². The summed E-state index contributed by atoms with van der Waals surface area (Å²) in [6, 6.07) is 21.2. The van der Waals surface area contributed by atoms with E-state index < -0.39 is 0 Å². The van der Waals surface area contributed by atoms with E-state index >= 15 is 0 Å². The molecule has 0 atom stereocenters. The Bertz CT molecular complexity index is 1210. The van der Waals surface area contributed by atoms with E-state index in [0.717, 1.165) is 16.7 Å². The van der Waals surface area contributed by atoms with Crippen molar-refractivity contribution in [2.75, 3.05) is 0 Å². The topological polar surface area (TPSA) is 29.5 Å². The van der Waals surface area contributed by atoms with Gasteiger partial charge in [0.15, 0.2) is 0 Å². The number of benzene rings is 3. The lowest BCUT2D eigenvalue weighted by atomic mass is 10.1. The van der Waals surface area contributed by atoms with Crippen LogP contribution in [0.5, 0.6) is 5.75 Å². The number of thiocarbonyl (C=S) groups is 1. The minimum atomic E-state index is -0.149. The number of hydrogen-bond donors (Lipinski definition) is 0. The number of amides is 1. The molecule has 3 aromatic rings. The summed E-state index contributed by atoms with van der Waals surface area (Å²) in [4.78, 5) is 15.2. The van der Waals surface area contributed by atoms with Gasteiger partial charge in [-0.3, -0.25) is 9.69 Å². The Morgan fingerprint density at radius 2 is 1.78 bits per heavy atom. The second kappa shape index (κ2) is 10.1. The summed E-state index contributed by atoms with van der Waals surface area (Å²) in [5.41, 5.74) is 3.82. The molecule has 0 spiro atoms. The van der Waals surface area contributed by atoms with Gasteiger partial charge in [0.25, 0.3) is 5.91 Å². The molecule has 162 valence electrons. The third-order valence-electron chi connectivity index (χ3n) is 4.85. The number of rotatable bonds is 6. The molecule has 3 aromatic carbocycles. The van der Waals surface area contributed by atoms with Crippen molar-refractivity contribution in [3.05, 3.63) is 104 Å². The van der Waals surface area contributed by atoms with Crippen molar-refractivity contribution in [1.29, 1.82) is 0 Å². The molecule has 1 heterocycles. The standard InChI is InChI=1S/C25H19Cl2NO2S2/c1-16-6-5-9-18(10-16)15-30-23-19(11-20(26)13-21(23)27)12-22-24(29)28(25(31)32-22)14-17-7-3-2-4-8-17/h2-13H,14-15H2,1H3. The molecule has 1 aliphatic heterocycles. The molecule has 0 bridgehead atoms. The van der Waals surface area contributed by atoms with Gasteiger partial charge in [-0.05, 0) is 36.3 Å². The summed E-state index contributed by atoms with van der Waals surface area (Å²) in [5, 5.41) is 0.847. The molecule has 1 saturated heterocycles. The molecule has 0 unspecified atom stereocenters. The van der Waals surface area contributed by atoms with Gasteiger partial charge in [-0.25, -0.2) is 0 Å². The van der Waals surface area contributed by atoms with E-state index in [4.69, 9.17) is 40.2 Å². The molecule has 1 aliphatic rings. The van der Waals surface area contributed by atoms with Gasteiger partial charge in [0.1, 0.15) is 16.7 Å². The van der Waals surface area contributed by atoms with E-state index in [1.54, 1.807) is 23.1 Å². The fraction of sp³-hybridized carbons (Fsp3) is 0.120. The molecule has 3 nitrogen and oxygen atoms in total. The van der Waals surface area contributed by atoms with Crippen LogP contribution < -0.4 is 4.74 Å². The van der Waals surface area contributed by atoms with Crippen molar-refractivity contribution < 1.29 is 9.53 Å². The van der Waals surface area contributed by atoms with Gasteiger partial charge in [0.2, 0.25) is 0 Å². The van der Waals surface area contributed by atoms with Crippen LogP contribution in [0, 0.1) is 6.92 Å². The van der Waals surface area contributed by atoms with Crippen LogP contribution in [0.1, 0.15) is 22.3 Å². The highest BCUT2D eigenvalue weighted by atomic mass is 35.5. The zero-order chi connectivity index (χ0) is 22.7. The van der Waals surface area contributed by atoms with Gasteiger partial charge in [-0.2, -0.15) is 0 Å². The minimum Gasteiger partial charge on any atom is -0.487 e. The fourth-order valence-electron chi connectivity index (χ4n) is 3.34. The van der Waals surface area contributed by atoms with E-state index in [2.05, 4.69) is 6.07 Å². The molecule has 32 heavy (non-hydrogen) atoms. The first-order valence-electron chi connectivity index (χ1n) is 9.87. The Balaban J connectivity index is 1.60. The molecule has 1 amide bonds. The van der Waals surface area contributed by atoms with Crippen LogP contribution in [-0.4, -0.2) is 15.1 Å². The predicted molar refractivity (Wildman–Crippen MR) is 137 cm³/mol. The van der Waals surface area contributed by atoms with Crippen LogP contribution in [0.2, 0.25) is 10.0 Å². The predicted octanol–water partition coefficient (Wildman–Crippen LogP) is 7.28. The number of nitrogens with zero attached hydrogens (tertiary/aromatic N) is 1. The van der Waals surface area contributed by atoms with Crippen molar-refractivity contribution in [3.8, 4) is 5.75 Å². The lowest BCUT2D eigenvalue weighted by molar-refractivity contribution is -0.122. The molecule has 1 fully saturated rings. The fourth-order valence-corrected chi connectivity index (χ4v) is 5.15. The van der Waals surface area contributed by atoms with Crippen LogP contribution >= 0.6 is 47.2 Å².